The average Bonchev–Trinajstić information content (AvgIpc) is 2.68. The summed E-state index contributed by atoms with van der Waals surface area (Å²) >= 11 is 5.66. The summed E-state index contributed by atoms with van der Waals surface area (Å²) in [5, 5.41) is 0.344. The summed E-state index contributed by atoms with van der Waals surface area (Å²) in [7, 11) is 0. The predicted octanol–water partition coefficient (Wildman–Crippen LogP) is 3.02. The van der Waals surface area contributed by atoms with Gasteiger partial charge in [-0.25, -0.2) is 4.39 Å². The molecule has 1 aliphatic heterocycles. The minimum Gasteiger partial charge on any atom is -0.378 e. The van der Waals surface area contributed by atoms with Gasteiger partial charge in [-0.05, 0) is 31.0 Å². The first-order valence-electron chi connectivity index (χ1n) is 5.66. The maximum Gasteiger partial charge on any atom is 0.143 e. The summed E-state index contributed by atoms with van der Waals surface area (Å²) in [6.45, 7) is 2.49. The van der Waals surface area contributed by atoms with E-state index < -0.39 is 5.82 Å². The highest BCUT2D eigenvalue weighted by atomic mass is 35.5. The first kappa shape index (κ1) is 12.5. The Labute approximate surface area is 105 Å². The van der Waals surface area contributed by atoms with Crippen molar-refractivity contribution in [1.82, 2.24) is 0 Å². The van der Waals surface area contributed by atoms with E-state index in [9.17, 15) is 9.18 Å². The zero-order valence-electron chi connectivity index (χ0n) is 9.58. The lowest BCUT2D eigenvalue weighted by atomic mass is 9.93. The van der Waals surface area contributed by atoms with Crippen LogP contribution in [0.3, 0.4) is 0 Å². The number of hydrogen-bond acceptors (Lipinski definition) is 2. The summed E-state index contributed by atoms with van der Waals surface area (Å²) < 4.78 is 18.9. The molecule has 2 nitrogen and oxygen atoms in total. The lowest BCUT2D eigenvalue weighted by Gasteiger charge is -2.12. The first-order chi connectivity index (χ1) is 8.08. The van der Waals surface area contributed by atoms with Crippen LogP contribution in [0.1, 0.15) is 18.9 Å². The molecule has 1 heterocycles. The number of carbonyl (C=O) groups excluding carboxylic acids is 1. The van der Waals surface area contributed by atoms with Crippen molar-refractivity contribution in [2.75, 3.05) is 6.61 Å². The van der Waals surface area contributed by atoms with Crippen LogP contribution in [0.2, 0.25) is 5.02 Å². The zero-order valence-corrected chi connectivity index (χ0v) is 10.3. The molecule has 0 radical (unpaired) electrons. The first-order valence-corrected chi connectivity index (χ1v) is 6.04. The second-order valence-electron chi connectivity index (χ2n) is 4.35. The summed E-state index contributed by atoms with van der Waals surface area (Å²) in [5.41, 5.74) is 0.401. The Morgan fingerprint density at radius 1 is 1.59 bits per heavy atom. The van der Waals surface area contributed by atoms with E-state index in [-0.39, 0.29) is 24.2 Å². The van der Waals surface area contributed by atoms with E-state index in [1.807, 2.05) is 6.92 Å². The molecule has 2 rings (SSSR count). The van der Waals surface area contributed by atoms with Crippen LogP contribution in [-0.2, 0) is 16.0 Å². The summed E-state index contributed by atoms with van der Waals surface area (Å²) in [6.07, 6.45) is 0.786. The molecule has 0 saturated carbocycles. The quantitative estimate of drug-likeness (QED) is 0.831. The summed E-state index contributed by atoms with van der Waals surface area (Å²) in [5.74, 6) is -0.487. The van der Waals surface area contributed by atoms with Crippen molar-refractivity contribution in [3.05, 3.63) is 34.6 Å². The second kappa shape index (κ2) is 5.15. The third kappa shape index (κ3) is 2.85. The molecule has 0 amide bonds. The summed E-state index contributed by atoms with van der Waals surface area (Å²) in [6, 6.07) is 4.40. The van der Waals surface area contributed by atoms with Crippen molar-refractivity contribution in [3.8, 4) is 0 Å². The molecule has 0 spiro atoms. The molecule has 92 valence electrons. The van der Waals surface area contributed by atoms with Crippen molar-refractivity contribution < 1.29 is 13.9 Å². The normalized spacial score (nSPS) is 23.9. The van der Waals surface area contributed by atoms with E-state index in [1.165, 1.54) is 6.07 Å². The van der Waals surface area contributed by atoms with Gasteiger partial charge in [0.15, 0.2) is 0 Å². The molecular weight excluding hydrogens is 243 g/mol. The van der Waals surface area contributed by atoms with Crippen molar-refractivity contribution in [3.63, 3.8) is 0 Å². The maximum absolute atomic E-state index is 13.5. The topological polar surface area (TPSA) is 26.3 Å². The van der Waals surface area contributed by atoms with Gasteiger partial charge in [0.05, 0.1) is 6.10 Å². The van der Waals surface area contributed by atoms with Gasteiger partial charge in [0.25, 0.3) is 0 Å². The van der Waals surface area contributed by atoms with Crippen LogP contribution in [-0.4, -0.2) is 18.5 Å². The van der Waals surface area contributed by atoms with Crippen molar-refractivity contribution in [2.45, 2.75) is 25.9 Å². The van der Waals surface area contributed by atoms with E-state index in [4.69, 9.17) is 16.3 Å². The van der Waals surface area contributed by atoms with Crippen LogP contribution in [0, 0.1) is 11.7 Å². The lowest BCUT2D eigenvalue weighted by Crippen LogP contribution is -2.23. The Kier molecular flexibility index (Phi) is 3.79. The van der Waals surface area contributed by atoms with Gasteiger partial charge >= 0.3 is 0 Å². The van der Waals surface area contributed by atoms with Gasteiger partial charge < -0.3 is 4.74 Å². The second-order valence-corrected chi connectivity index (χ2v) is 4.79. The Morgan fingerprint density at radius 3 is 2.94 bits per heavy atom. The minimum absolute atomic E-state index is 0.0382. The van der Waals surface area contributed by atoms with Crippen molar-refractivity contribution in [2.24, 2.45) is 5.92 Å². The molecule has 0 N–H and O–H groups in total. The monoisotopic (exact) mass is 256 g/mol. The molecule has 17 heavy (non-hydrogen) atoms. The number of hydrogen-bond donors (Lipinski definition) is 0. The zero-order chi connectivity index (χ0) is 12.4. The highest BCUT2D eigenvalue weighted by Gasteiger charge is 2.30. The molecule has 0 bridgehead atoms. The predicted molar refractivity (Wildman–Crippen MR) is 63.6 cm³/mol. The molecule has 1 aromatic carbocycles. The number of benzene rings is 1. The van der Waals surface area contributed by atoms with Crippen LogP contribution in [0.15, 0.2) is 18.2 Å². The molecule has 1 aromatic rings. The highest BCUT2D eigenvalue weighted by molar-refractivity contribution is 6.30. The molecule has 1 saturated heterocycles. The van der Waals surface area contributed by atoms with Crippen LogP contribution in [0.4, 0.5) is 4.39 Å². The summed E-state index contributed by atoms with van der Waals surface area (Å²) in [4.78, 5) is 12.0. The molecule has 0 aromatic heterocycles. The molecule has 0 aliphatic carbocycles. The van der Waals surface area contributed by atoms with Crippen molar-refractivity contribution in [1.29, 1.82) is 0 Å². The van der Waals surface area contributed by atoms with Crippen LogP contribution >= 0.6 is 11.6 Å². The molecule has 4 heteroatoms. The van der Waals surface area contributed by atoms with E-state index in [1.54, 1.807) is 12.1 Å². The number of halogens is 2. The number of Topliss-reactive ketones (excluding diaryl/α,β-unsaturated/α-hetero) is 1. The Morgan fingerprint density at radius 2 is 2.35 bits per heavy atom. The van der Waals surface area contributed by atoms with Crippen LogP contribution in [0.5, 0.6) is 0 Å². The minimum atomic E-state index is -0.419. The van der Waals surface area contributed by atoms with Gasteiger partial charge in [-0.1, -0.05) is 17.7 Å². The number of ketones is 1. The van der Waals surface area contributed by atoms with Gasteiger partial charge in [-0.2, -0.15) is 0 Å². The third-order valence-electron chi connectivity index (χ3n) is 3.17. The van der Waals surface area contributed by atoms with Crippen molar-refractivity contribution >= 4 is 17.4 Å². The highest BCUT2D eigenvalue weighted by Crippen LogP contribution is 2.24. The standard InChI is InChI=1S/C13H14ClFO2/c1-8-11(4-5-17-8)13(16)6-9-2-3-10(14)7-12(9)15/h2-3,7-8,11H,4-6H2,1H3. The molecular formula is C13H14ClFO2. The van der Waals surface area contributed by atoms with Crippen LogP contribution in [0.25, 0.3) is 0 Å². The van der Waals surface area contributed by atoms with E-state index in [2.05, 4.69) is 0 Å². The smallest absolute Gasteiger partial charge is 0.143 e. The molecule has 2 unspecified atom stereocenters. The number of rotatable bonds is 3. The number of ether oxygens (including phenoxy) is 1. The Balaban J connectivity index is 2.07. The Bertz CT molecular complexity index is 433. The molecule has 2 atom stereocenters. The van der Waals surface area contributed by atoms with Gasteiger partial charge in [-0.3, -0.25) is 4.79 Å². The average molecular weight is 257 g/mol. The fourth-order valence-electron chi connectivity index (χ4n) is 2.14. The lowest BCUT2D eigenvalue weighted by molar-refractivity contribution is -0.123. The van der Waals surface area contributed by atoms with Crippen LogP contribution < -0.4 is 0 Å². The fraction of sp³-hybridized carbons (Fsp3) is 0.462. The van der Waals surface area contributed by atoms with E-state index in [0.29, 0.717) is 17.2 Å². The fourth-order valence-corrected chi connectivity index (χ4v) is 2.30. The van der Waals surface area contributed by atoms with Gasteiger partial charge in [0, 0.05) is 24.0 Å². The van der Waals surface area contributed by atoms with Gasteiger partial charge in [0.1, 0.15) is 11.6 Å². The molecule has 1 fully saturated rings. The molecule has 1 aliphatic rings. The van der Waals surface area contributed by atoms with E-state index in [0.717, 1.165) is 6.42 Å². The number of carbonyl (C=O) groups is 1. The largest absolute Gasteiger partial charge is 0.378 e. The van der Waals surface area contributed by atoms with Gasteiger partial charge in [-0.15, -0.1) is 0 Å². The van der Waals surface area contributed by atoms with E-state index >= 15 is 0 Å². The van der Waals surface area contributed by atoms with Gasteiger partial charge in [0.2, 0.25) is 0 Å². The third-order valence-corrected chi connectivity index (χ3v) is 3.40. The maximum atomic E-state index is 13.5. The SMILES string of the molecule is CC1OCCC1C(=O)Cc1ccc(Cl)cc1F. The Hall–Kier alpha value is -0.930.